The average Bonchev–Trinajstić information content (AvgIpc) is 3.19. The van der Waals surface area contributed by atoms with Crippen LogP contribution >= 0.6 is 11.3 Å². The molecule has 0 bridgehead atoms. The zero-order chi connectivity index (χ0) is 23.1. The van der Waals surface area contributed by atoms with Crippen molar-refractivity contribution in [2.24, 2.45) is 0 Å². The molecular formula is C25H23N3O4S. The van der Waals surface area contributed by atoms with Gasteiger partial charge in [-0.15, -0.1) is 11.3 Å². The summed E-state index contributed by atoms with van der Waals surface area (Å²) in [5.41, 5.74) is 4.15. The quantitative estimate of drug-likeness (QED) is 0.423. The van der Waals surface area contributed by atoms with Gasteiger partial charge >= 0.3 is 0 Å². The van der Waals surface area contributed by atoms with Crippen LogP contribution in [0.4, 0.5) is 11.4 Å². The van der Waals surface area contributed by atoms with Gasteiger partial charge in [-0.25, -0.2) is 4.98 Å². The van der Waals surface area contributed by atoms with Crippen LogP contribution in [0.2, 0.25) is 0 Å². The Morgan fingerprint density at radius 2 is 1.94 bits per heavy atom. The second kappa shape index (κ2) is 8.38. The van der Waals surface area contributed by atoms with Crippen molar-refractivity contribution in [2.45, 2.75) is 19.7 Å². The van der Waals surface area contributed by atoms with Crippen LogP contribution in [0, 0.1) is 6.92 Å². The van der Waals surface area contributed by atoms with Crippen molar-refractivity contribution < 1.29 is 19.4 Å². The predicted octanol–water partition coefficient (Wildman–Crippen LogP) is 5.24. The van der Waals surface area contributed by atoms with Gasteiger partial charge < -0.3 is 19.9 Å². The number of aryl methyl sites for hydroxylation is 1. The Labute approximate surface area is 195 Å². The lowest BCUT2D eigenvalue weighted by atomic mass is 10.0. The molecule has 0 saturated carbocycles. The summed E-state index contributed by atoms with van der Waals surface area (Å²) in [6.45, 7) is 2.35. The predicted molar refractivity (Wildman–Crippen MR) is 129 cm³/mol. The van der Waals surface area contributed by atoms with Crippen molar-refractivity contribution in [2.75, 3.05) is 24.4 Å². The van der Waals surface area contributed by atoms with E-state index >= 15 is 0 Å². The molecule has 0 radical (unpaired) electrons. The first-order valence-electron chi connectivity index (χ1n) is 10.5. The van der Waals surface area contributed by atoms with Gasteiger partial charge in [0.25, 0.3) is 5.91 Å². The molecule has 3 heterocycles. The first kappa shape index (κ1) is 21.2. The van der Waals surface area contributed by atoms with E-state index in [2.05, 4.69) is 5.32 Å². The number of rotatable bonds is 5. The molecule has 2 aromatic carbocycles. The van der Waals surface area contributed by atoms with Crippen molar-refractivity contribution in [1.29, 1.82) is 0 Å². The monoisotopic (exact) mass is 461 g/mol. The number of thiophene rings is 1. The van der Waals surface area contributed by atoms with Crippen molar-refractivity contribution in [1.82, 2.24) is 4.98 Å². The molecule has 0 spiro atoms. The number of phenolic OH excluding ortho intramolecular Hbond substituents is 1. The fraction of sp³-hybridized carbons (Fsp3) is 0.200. The van der Waals surface area contributed by atoms with E-state index in [1.807, 2.05) is 43.3 Å². The Morgan fingerprint density at radius 3 is 2.67 bits per heavy atom. The van der Waals surface area contributed by atoms with E-state index in [4.69, 9.17) is 14.5 Å². The number of hydrogen-bond acceptors (Lipinski definition) is 7. The number of ether oxygens (including phenoxy) is 2. The number of nitrogens with one attached hydrogen (secondary N) is 1. The van der Waals surface area contributed by atoms with Crippen molar-refractivity contribution >= 4 is 38.8 Å². The molecule has 0 saturated heterocycles. The van der Waals surface area contributed by atoms with E-state index in [9.17, 15) is 9.90 Å². The van der Waals surface area contributed by atoms with Crippen LogP contribution in [0.1, 0.15) is 32.7 Å². The third-order valence-corrected chi connectivity index (χ3v) is 6.75. The molecular weight excluding hydrogens is 438 g/mol. The van der Waals surface area contributed by atoms with Crippen LogP contribution in [0.3, 0.4) is 0 Å². The van der Waals surface area contributed by atoms with Gasteiger partial charge in [-0.2, -0.15) is 0 Å². The van der Waals surface area contributed by atoms with Crippen LogP contribution < -0.4 is 15.0 Å². The van der Waals surface area contributed by atoms with Crippen molar-refractivity contribution in [3.8, 4) is 11.5 Å². The minimum Gasteiger partial charge on any atom is -0.504 e. The summed E-state index contributed by atoms with van der Waals surface area (Å²) >= 11 is 1.38. The first-order valence-corrected chi connectivity index (χ1v) is 11.3. The van der Waals surface area contributed by atoms with Gasteiger partial charge in [-0.05, 0) is 48.4 Å². The zero-order valence-electron chi connectivity index (χ0n) is 18.5. The minimum atomic E-state index is -0.517. The third-order valence-electron chi connectivity index (χ3n) is 5.68. The number of fused-ring (bicyclic) bond motifs is 3. The number of aromatic nitrogens is 1. The van der Waals surface area contributed by atoms with Gasteiger partial charge in [0.1, 0.15) is 15.9 Å². The molecule has 7 nitrogen and oxygen atoms in total. The van der Waals surface area contributed by atoms with Crippen molar-refractivity contribution in [3.63, 3.8) is 0 Å². The van der Waals surface area contributed by atoms with Crippen LogP contribution in [-0.4, -0.2) is 30.2 Å². The number of carbonyl (C=O) groups is 1. The molecule has 168 valence electrons. The van der Waals surface area contributed by atoms with Gasteiger partial charge in [0.15, 0.2) is 11.5 Å². The lowest BCUT2D eigenvalue weighted by molar-refractivity contribution is 0.0979. The summed E-state index contributed by atoms with van der Waals surface area (Å²) in [7, 11) is 3.16. The number of hydrogen-bond donors (Lipinski definition) is 2. The lowest BCUT2D eigenvalue weighted by Gasteiger charge is -2.37. The fourth-order valence-corrected chi connectivity index (χ4v) is 5.42. The van der Waals surface area contributed by atoms with Gasteiger partial charge in [-0.3, -0.25) is 9.69 Å². The van der Waals surface area contributed by atoms with Crippen LogP contribution in [0.5, 0.6) is 11.5 Å². The normalized spacial score (nSPS) is 15.4. The highest BCUT2D eigenvalue weighted by molar-refractivity contribution is 7.21. The van der Waals surface area contributed by atoms with Gasteiger partial charge in [0.05, 0.1) is 19.4 Å². The fourth-order valence-electron chi connectivity index (χ4n) is 4.25. The maximum atomic E-state index is 13.9. The van der Waals surface area contributed by atoms with E-state index in [1.54, 1.807) is 30.2 Å². The molecule has 0 aliphatic carbocycles. The highest BCUT2D eigenvalue weighted by Crippen LogP contribution is 2.46. The van der Waals surface area contributed by atoms with E-state index < -0.39 is 6.17 Å². The third kappa shape index (κ3) is 3.57. The molecule has 1 aliphatic heterocycles. The number of pyridine rings is 1. The van der Waals surface area contributed by atoms with Gasteiger partial charge in [0, 0.05) is 23.9 Å². The molecule has 0 fully saturated rings. The summed E-state index contributed by atoms with van der Waals surface area (Å²) in [5.74, 6) is 0.266. The lowest BCUT2D eigenvalue weighted by Crippen LogP contribution is -2.42. The van der Waals surface area contributed by atoms with E-state index in [0.29, 0.717) is 17.2 Å². The standard InChI is InChI=1S/C25H23N3O4S/c1-14-11-16(13-31-2)20-21-22(33-24(20)26-14)25(30)28(17-7-5-4-6-8-17)23(27-21)15-9-10-18(29)19(12-15)32-3/h4-12,23,27,29H,13H2,1-3H3/t23-/m0/s1. The summed E-state index contributed by atoms with van der Waals surface area (Å²) in [4.78, 5) is 21.7. The number of methoxy groups -OCH3 is 2. The van der Waals surface area contributed by atoms with E-state index in [1.165, 1.54) is 18.4 Å². The molecule has 0 unspecified atom stereocenters. The Kier molecular flexibility index (Phi) is 5.39. The number of phenols is 1. The topological polar surface area (TPSA) is 83.9 Å². The second-order valence-corrected chi connectivity index (χ2v) is 8.83. The first-order chi connectivity index (χ1) is 16.0. The zero-order valence-corrected chi connectivity index (χ0v) is 19.3. The number of aromatic hydroxyl groups is 1. The number of para-hydroxylation sites is 1. The molecule has 1 atom stereocenters. The maximum Gasteiger partial charge on any atom is 0.272 e. The molecule has 8 heteroatoms. The number of nitrogens with zero attached hydrogens (tertiary/aromatic N) is 2. The molecule has 2 N–H and O–H groups in total. The molecule has 2 aromatic heterocycles. The molecule has 1 aliphatic rings. The smallest absolute Gasteiger partial charge is 0.272 e. The Bertz CT molecular complexity index is 1350. The minimum absolute atomic E-state index is 0.0402. The van der Waals surface area contributed by atoms with E-state index in [0.717, 1.165) is 38.4 Å². The largest absolute Gasteiger partial charge is 0.504 e. The highest BCUT2D eigenvalue weighted by atomic mass is 32.1. The summed E-state index contributed by atoms with van der Waals surface area (Å²) in [6, 6.07) is 16.6. The average molecular weight is 462 g/mol. The number of carbonyl (C=O) groups excluding carboxylic acids is 1. The van der Waals surface area contributed by atoms with Crippen molar-refractivity contribution in [3.05, 3.63) is 76.3 Å². The number of amides is 1. The van der Waals surface area contributed by atoms with Crippen LogP contribution in [0.25, 0.3) is 10.2 Å². The SMILES string of the molecule is COCc1cc(C)nc2sc3c(c12)N[C@H](c1ccc(O)c(OC)c1)N(c1ccccc1)C3=O. The Hall–Kier alpha value is -3.62. The van der Waals surface area contributed by atoms with E-state index in [-0.39, 0.29) is 11.7 Å². The molecule has 4 aromatic rings. The summed E-state index contributed by atoms with van der Waals surface area (Å²) < 4.78 is 10.8. The maximum absolute atomic E-state index is 13.9. The number of benzene rings is 2. The molecule has 1 amide bonds. The highest BCUT2D eigenvalue weighted by Gasteiger charge is 2.38. The Morgan fingerprint density at radius 1 is 1.15 bits per heavy atom. The van der Waals surface area contributed by atoms with Gasteiger partial charge in [-0.1, -0.05) is 24.3 Å². The van der Waals surface area contributed by atoms with Gasteiger partial charge in [0.2, 0.25) is 0 Å². The number of anilines is 2. The van der Waals surface area contributed by atoms with Crippen LogP contribution in [-0.2, 0) is 11.3 Å². The second-order valence-electron chi connectivity index (χ2n) is 7.83. The van der Waals surface area contributed by atoms with Crippen LogP contribution in [0.15, 0.2) is 54.6 Å². The Balaban J connectivity index is 1.74. The summed E-state index contributed by atoms with van der Waals surface area (Å²) in [5, 5.41) is 14.6. The molecule has 5 rings (SSSR count). The summed E-state index contributed by atoms with van der Waals surface area (Å²) in [6.07, 6.45) is -0.517. The molecule has 33 heavy (non-hydrogen) atoms.